The third-order valence-corrected chi connectivity index (χ3v) is 2.62. The average molecular weight is 223 g/mol. The average Bonchev–Trinajstić information content (AvgIpc) is 2.29. The Morgan fingerprint density at radius 3 is 2.38 bits per heavy atom. The van der Waals surface area contributed by atoms with Crippen molar-refractivity contribution in [2.45, 2.75) is 19.4 Å². The Labute approximate surface area is 95.5 Å². The van der Waals surface area contributed by atoms with Gasteiger partial charge in [-0.1, -0.05) is 6.92 Å². The number of anilines is 1. The number of ether oxygens (including phenoxy) is 1. The number of aliphatic carboxylic acids is 1. The van der Waals surface area contributed by atoms with Crippen LogP contribution in [0.15, 0.2) is 24.3 Å². The number of carbonyl (C=O) groups is 1. The van der Waals surface area contributed by atoms with Crippen molar-refractivity contribution in [3.8, 4) is 5.75 Å². The lowest BCUT2D eigenvalue weighted by Gasteiger charge is -2.25. The first kappa shape index (κ1) is 12.4. The van der Waals surface area contributed by atoms with Crippen LogP contribution in [-0.4, -0.2) is 31.3 Å². The van der Waals surface area contributed by atoms with Crippen molar-refractivity contribution in [3.05, 3.63) is 24.3 Å². The number of carboxylic acid groups (broad SMARTS) is 1. The van der Waals surface area contributed by atoms with Gasteiger partial charge >= 0.3 is 5.97 Å². The van der Waals surface area contributed by atoms with Crippen LogP contribution in [0, 0.1) is 0 Å². The Kier molecular flexibility index (Phi) is 4.17. The smallest absolute Gasteiger partial charge is 0.326 e. The molecule has 0 amide bonds. The van der Waals surface area contributed by atoms with E-state index >= 15 is 0 Å². The molecule has 88 valence electrons. The van der Waals surface area contributed by atoms with Gasteiger partial charge in [0.25, 0.3) is 0 Å². The van der Waals surface area contributed by atoms with Crippen LogP contribution in [0.5, 0.6) is 5.75 Å². The van der Waals surface area contributed by atoms with E-state index in [0.29, 0.717) is 6.42 Å². The molecule has 0 heterocycles. The van der Waals surface area contributed by atoms with Gasteiger partial charge in [-0.2, -0.15) is 0 Å². The SMILES string of the molecule is CC[C@@H](C(=O)O)N(C)c1ccc(OC)cc1. The first-order valence-electron chi connectivity index (χ1n) is 5.19. The van der Waals surface area contributed by atoms with Crippen LogP contribution < -0.4 is 9.64 Å². The molecule has 0 fully saturated rings. The van der Waals surface area contributed by atoms with Crippen LogP contribution >= 0.6 is 0 Å². The summed E-state index contributed by atoms with van der Waals surface area (Å²) in [7, 11) is 3.38. The lowest BCUT2D eigenvalue weighted by Crippen LogP contribution is -2.37. The second-order valence-corrected chi connectivity index (χ2v) is 3.57. The van der Waals surface area contributed by atoms with E-state index in [1.807, 2.05) is 31.2 Å². The molecule has 1 N–H and O–H groups in total. The molecule has 0 spiro atoms. The number of rotatable bonds is 5. The highest BCUT2D eigenvalue weighted by molar-refractivity contribution is 5.78. The maximum absolute atomic E-state index is 11.0. The molecule has 1 aromatic rings. The predicted octanol–water partition coefficient (Wildman–Crippen LogP) is 1.99. The molecule has 0 aliphatic heterocycles. The van der Waals surface area contributed by atoms with Crippen LogP contribution in [0.3, 0.4) is 0 Å². The summed E-state index contributed by atoms with van der Waals surface area (Å²) < 4.78 is 5.05. The number of hydrogen-bond acceptors (Lipinski definition) is 3. The summed E-state index contributed by atoms with van der Waals surface area (Å²) in [4.78, 5) is 12.8. The maximum Gasteiger partial charge on any atom is 0.326 e. The molecule has 16 heavy (non-hydrogen) atoms. The molecule has 4 heteroatoms. The largest absolute Gasteiger partial charge is 0.497 e. The summed E-state index contributed by atoms with van der Waals surface area (Å²) in [5.41, 5.74) is 0.870. The van der Waals surface area contributed by atoms with Gasteiger partial charge < -0.3 is 14.7 Å². The molecule has 0 saturated carbocycles. The van der Waals surface area contributed by atoms with E-state index in [1.54, 1.807) is 19.1 Å². The summed E-state index contributed by atoms with van der Waals surface area (Å²) in [6.45, 7) is 1.86. The van der Waals surface area contributed by atoms with Crippen molar-refractivity contribution in [2.24, 2.45) is 0 Å². The maximum atomic E-state index is 11.0. The predicted molar refractivity (Wildman–Crippen MR) is 63.1 cm³/mol. The normalized spacial score (nSPS) is 11.9. The molecule has 0 unspecified atom stereocenters. The first-order valence-corrected chi connectivity index (χ1v) is 5.19. The van der Waals surface area contributed by atoms with Gasteiger partial charge in [-0.3, -0.25) is 0 Å². The van der Waals surface area contributed by atoms with E-state index in [-0.39, 0.29) is 0 Å². The Balaban J connectivity index is 2.86. The number of likely N-dealkylation sites (N-methyl/N-ethyl adjacent to an activating group) is 1. The van der Waals surface area contributed by atoms with Crippen LogP contribution in [-0.2, 0) is 4.79 Å². The highest BCUT2D eigenvalue weighted by Gasteiger charge is 2.20. The second-order valence-electron chi connectivity index (χ2n) is 3.57. The molecular formula is C12H17NO3. The molecule has 0 aliphatic rings. The van der Waals surface area contributed by atoms with Crippen LogP contribution in [0.25, 0.3) is 0 Å². The van der Waals surface area contributed by atoms with Gasteiger partial charge in [0.1, 0.15) is 11.8 Å². The van der Waals surface area contributed by atoms with Gasteiger partial charge in [-0.05, 0) is 30.7 Å². The fourth-order valence-corrected chi connectivity index (χ4v) is 1.61. The molecule has 0 bridgehead atoms. The minimum Gasteiger partial charge on any atom is -0.497 e. The van der Waals surface area contributed by atoms with Crippen molar-refractivity contribution < 1.29 is 14.6 Å². The molecule has 0 aliphatic carbocycles. The standard InChI is InChI=1S/C12H17NO3/c1-4-11(12(14)15)13(2)9-5-7-10(16-3)8-6-9/h5-8,11H,4H2,1-3H3,(H,14,15)/t11-/m0/s1. The zero-order valence-electron chi connectivity index (χ0n) is 9.80. The Hall–Kier alpha value is -1.71. The third-order valence-electron chi connectivity index (χ3n) is 2.62. The lowest BCUT2D eigenvalue weighted by atomic mass is 10.1. The topological polar surface area (TPSA) is 49.8 Å². The molecule has 1 atom stereocenters. The summed E-state index contributed by atoms with van der Waals surface area (Å²) in [6, 6.07) is 6.85. The minimum atomic E-state index is -0.805. The Morgan fingerprint density at radius 2 is 2.00 bits per heavy atom. The van der Waals surface area contributed by atoms with Crippen molar-refractivity contribution in [1.82, 2.24) is 0 Å². The fourth-order valence-electron chi connectivity index (χ4n) is 1.61. The van der Waals surface area contributed by atoms with Gasteiger partial charge in [0, 0.05) is 12.7 Å². The summed E-state index contributed by atoms with van der Waals surface area (Å²) in [5.74, 6) is -0.0404. The van der Waals surface area contributed by atoms with Crippen LogP contribution in [0.1, 0.15) is 13.3 Å². The van der Waals surface area contributed by atoms with E-state index in [4.69, 9.17) is 9.84 Å². The van der Waals surface area contributed by atoms with E-state index in [1.165, 1.54) is 0 Å². The zero-order chi connectivity index (χ0) is 12.1. The summed E-state index contributed by atoms with van der Waals surface area (Å²) in [6.07, 6.45) is 0.567. The highest BCUT2D eigenvalue weighted by atomic mass is 16.5. The minimum absolute atomic E-state index is 0.492. The quantitative estimate of drug-likeness (QED) is 0.829. The zero-order valence-corrected chi connectivity index (χ0v) is 9.80. The number of carboxylic acids is 1. The second kappa shape index (κ2) is 5.39. The number of benzene rings is 1. The Morgan fingerprint density at radius 1 is 1.44 bits per heavy atom. The van der Waals surface area contributed by atoms with E-state index in [2.05, 4.69) is 0 Å². The van der Waals surface area contributed by atoms with E-state index < -0.39 is 12.0 Å². The molecule has 0 aromatic heterocycles. The summed E-state index contributed by atoms with van der Waals surface area (Å²) >= 11 is 0. The van der Waals surface area contributed by atoms with Crippen LogP contribution in [0.2, 0.25) is 0 Å². The molecule has 1 rings (SSSR count). The van der Waals surface area contributed by atoms with Gasteiger partial charge in [0.2, 0.25) is 0 Å². The van der Waals surface area contributed by atoms with Crippen molar-refractivity contribution >= 4 is 11.7 Å². The first-order chi connectivity index (χ1) is 7.60. The van der Waals surface area contributed by atoms with Gasteiger partial charge in [0.05, 0.1) is 7.11 Å². The summed E-state index contributed by atoms with van der Waals surface area (Å²) in [5, 5.41) is 9.04. The number of nitrogens with zero attached hydrogens (tertiary/aromatic N) is 1. The number of methoxy groups -OCH3 is 1. The number of hydrogen-bond donors (Lipinski definition) is 1. The van der Waals surface area contributed by atoms with Gasteiger partial charge in [-0.15, -0.1) is 0 Å². The van der Waals surface area contributed by atoms with Crippen molar-refractivity contribution in [2.75, 3.05) is 19.1 Å². The molecule has 4 nitrogen and oxygen atoms in total. The van der Waals surface area contributed by atoms with Gasteiger partial charge in [-0.25, -0.2) is 4.79 Å². The van der Waals surface area contributed by atoms with Crippen molar-refractivity contribution in [1.29, 1.82) is 0 Å². The lowest BCUT2D eigenvalue weighted by molar-refractivity contribution is -0.138. The molecular weight excluding hydrogens is 206 g/mol. The monoisotopic (exact) mass is 223 g/mol. The van der Waals surface area contributed by atoms with E-state index in [9.17, 15) is 4.79 Å². The van der Waals surface area contributed by atoms with Gasteiger partial charge in [0.15, 0.2) is 0 Å². The Bertz CT molecular complexity index is 348. The van der Waals surface area contributed by atoms with E-state index in [0.717, 1.165) is 11.4 Å². The molecule has 0 saturated heterocycles. The highest BCUT2D eigenvalue weighted by Crippen LogP contribution is 2.20. The third kappa shape index (κ3) is 2.66. The van der Waals surface area contributed by atoms with Crippen LogP contribution in [0.4, 0.5) is 5.69 Å². The van der Waals surface area contributed by atoms with Crippen molar-refractivity contribution in [3.63, 3.8) is 0 Å². The fraction of sp³-hybridized carbons (Fsp3) is 0.417. The molecule has 1 aromatic carbocycles. The molecule has 0 radical (unpaired) electrons.